The molecule has 0 unspecified atom stereocenters. The van der Waals surface area contributed by atoms with Gasteiger partial charge in [0.2, 0.25) is 5.91 Å². The first-order valence-corrected chi connectivity index (χ1v) is 9.86. The summed E-state index contributed by atoms with van der Waals surface area (Å²) in [5.41, 5.74) is 1.74. The molecule has 1 amide bonds. The summed E-state index contributed by atoms with van der Waals surface area (Å²) in [6.45, 7) is 7.69. The van der Waals surface area contributed by atoms with Crippen LogP contribution in [0, 0.1) is 5.41 Å². The molecule has 1 fully saturated rings. The Morgan fingerprint density at radius 2 is 1.88 bits per heavy atom. The van der Waals surface area contributed by atoms with Crippen LogP contribution in [0.5, 0.6) is 0 Å². The molecule has 0 aliphatic carbocycles. The molecule has 1 saturated heterocycles. The van der Waals surface area contributed by atoms with Gasteiger partial charge < -0.3 is 10.2 Å². The first kappa shape index (κ1) is 18.2. The number of hydrogen-bond acceptors (Lipinski definition) is 4. The molecule has 0 spiro atoms. The first-order valence-electron chi connectivity index (χ1n) is 8.60. The lowest BCUT2D eigenvalue weighted by atomic mass is 9.94. The van der Waals surface area contributed by atoms with Gasteiger partial charge in [-0.05, 0) is 25.0 Å². The normalized spacial score (nSPS) is 16.1. The molecule has 2 heterocycles. The number of hydrogen-bond donors (Lipinski definition) is 1. The van der Waals surface area contributed by atoms with E-state index in [2.05, 4.69) is 15.6 Å². The number of carbonyl (C=O) groups excluding carboxylic acids is 1. The summed E-state index contributed by atoms with van der Waals surface area (Å²) < 4.78 is 0. The van der Waals surface area contributed by atoms with E-state index in [1.807, 2.05) is 45.0 Å². The van der Waals surface area contributed by atoms with Gasteiger partial charge >= 0.3 is 0 Å². The molecule has 134 valence electrons. The average Bonchev–Trinajstić information content (AvgIpc) is 3.05. The number of amides is 1. The Labute approximate surface area is 158 Å². The minimum atomic E-state index is -0.333. The monoisotopic (exact) mass is 377 g/mol. The molecule has 1 N–H and O–H groups in total. The van der Waals surface area contributed by atoms with Crippen molar-refractivity contribution < 1.29 is 4.79 Å². The minimum absolute atomic E-state index is 0.130. The highest BCUT2D eigenvalue weighted by atomic mass is 35.5. The number of piperidine rings is 1. The zero-order valence-corrected chi connectivity index (χ0v) is 16.5. The number of anilines is 1. The lowest BCUT2D eigenvalue weighted by Gasteiger charge is -2.33. The maximum absolute atomic E-state index is 12.1. The Morgan fingerprint density at radius 1 is 1.24 bits per heavy atom. The molecular weight excluding hydrogens is 354 g/mol. The Hall–Kier alpha value is -1.59. The number of nitrogens with zero attached hydrogens (tertiary/aromatic N) is 2. The second-order valence-corrected chi connectivity index (χ2v) is 8.78. The van der Waals surface area contributed by atoms with E-state index >= 15 is 0 Å². The number of thiazole rings is 1. The molecule has 25 heavy (non-hydrogen) atoms. The van der Waals surface area contributed by atoms with Crippen molar-refractivity contribution in [2.24, 2.45) is 5.41 Å². The van der Waals surface area contributed by atoms with Crippen LogP contribution in [-0.2, 0) is 4.79 Å². The second kappa shape index (κ2) is 7.34. The van der Waals surface area contributed by atoms with Gasteiger partial charge in [-0.1, -0.05) is 44.5 Å². The fourth-order valence-corrected chi connectivity index (χ4v) is 3.79. The molecule has 1 aliphatic heterocycles. The van der Waals surface area contributed by atoms with Gasteiger partial charge in [0.25, 0.3) is 0 Å². The molecule has 3 rings (SSSR count). The molecule has 2 aromatic rings. The fraction of sp³-hybridized carbons (Fsp3) is 0.474. The molecular formula is C19H24ClN3OS. The smallest absolute Gasteiger partial charge is 0.225 e. The molecule has 0 radical (unpaired) electrons. The van der Waals surface area contributed by atoms with Gasteiger partial charge in [-0.25, -0.2) is 4.98 Å². The van der Waals surface area contributed by atoms with Crippen LogP contribution in [0.1, 0.15) is 33.6 Å². The van der Waals surface area contributed by atoms with E-state index in [1.54, 1.807) is 11.3 Å². The largest absolute Gasteiger partial charge is 0.353 e. The maximum Gasteiger partial charge on any atom is 0.225 e. The third-order valence-corrected chi connectivity index (χ3v) is 5.57. The van der Waals surface area contributed by atoms with Crippen molar-refractivity contribution in [1.29, 1.82) is 0 Å². The third-order valence-electron chi connectivity index (χ3n) is 4.41. The lowest BCUT2D eigenvalue weighted by Crippen LogP contribution is -2.47. The van der Waals surface area contributed by atoms with Gasteiger partial charge in [0.05, 0.1) is 5.69 Å². The topological polar surface area (TPSA) is 45.2 Å². The van der Waals surface area contributed by atoms with E-state index in [4.69, 9.17) is 16.6 Å². The third kappa shape index (κ3) is 4.53. The Morgan fingerprint density at radius 3 is 2.48 bits per heavy atom. The van der Waals surface area contributed by atoms with Crippen LogP contribution in [0.2, 0.25) is 5.02 Å². The second-order valence-electron chi connectivity index (χ2n) is 7.51. The number of aromatic nitrogens is 1. The van der Waals surface area contributed by atoms with Gasteiger partial charge in [-0.2, -0.15) is 0 Å². The van der Waals surface area contributed by atoms with Crippen LogP contribution in [0.3, 0.4) is 0 Å². The highest BCUT2D eigenvalue weighted by Gasteiger charge is 2.27. The lowest BCUT2D eigenvalue weighted by molar-refractivity contribution is -0.129. The predicted octanol–water partition coefficient (Wildman–Crippen LogP) is 4.59. The SMILES string of the molecule is CC(C)(C)C(=O)NC1CCN(c2nc(-c3ccc(Cl)cc3)cs2)CC1. The van der Waals surface area contributed by atoms with Crippen molar-refractivity contribution in [3.63, 3.8) is 0 Å². The standard InChI is InChI=1S/C19H24ClN3OS/c1-19(2,3)17(24)21-15-8-10-23(11-9-15)18-22-16(12-25-18)13-4-6-14(20)7-5-13/h4-7,12,15H,8-11H2,1-3H3,(H,21,24). The molecule has 1 aliphatic rings. The highest BCUT2D eigenvalue weighted by molar-refractivity contribution is 7.14. The van der Waals surface area contributed by atoms with Crippen molar-refractivity contribution in [2.75, 3.05) is 18.0 Å². The summed E-state index contributed by atoms with van der Waals surface area (Å²) in [6.07, 6.45) is 1.91. The van der Waals surface area contributed by atoms with Crippen LogP contribution in [0.15, 0.2) is 29.6 Å². The number of carbonyl (C=O) groups is 1. The van der Waals surface area contributed by atoms with Gasteiger partial charge in [0.1, 0.15) is 0 Å². The number of benzene rings is 1. The number of halogens is 1. The quantitative estimate of drug-likeness (QED) is 0.850. The summed E-state index contributed by atoms with van der Waals surface area (Å²) in [5.74, 6) is 0.130. The average molecular weight is 378 g/mol. The summed E-state index contributed by atoms with van der Waals surface area (Å²) in [7, 11) is 0. The summed E-state index contributed by atoms with van der Waals surface area (Å²) in [5, 5.41) is 7.04. The predicted molar refractivity (Wildman–Crippen MR) is 105 cm³/mol. The molecule has 6 heteroatoms. The minimum Gasteiger partial charge on any atom is -0.353 e. The Bertz CT molecular complexity index is 728. The molecule has 1 aromatic heterocycles. The fourth-order valence-electron chi connectivity index (χ4n) is 2.78. The van der Waals surface area contributed by atoms with Crippen LogP contribution in [0.4, 0.5) is 5.13 Å². The van der Waals surface area contributed by atoms with Crippen LogP contribution >= 0.6 is 22.9 Å². The number of nitrogens with one attached hydrogen (secondary N) is 1. The van der Waals surface area contributed by atoms with Crippen molar-refractivity contribution in [1.82, 2.24) is 10.3 Å². The Balaban J connectivity index is 1.58. The van der Waals surface area contributed by atoms with E-state index in [1.165, 1.54) is 0 Å². The molecule has 4 nitrogen and oxygen atoms in total. The molecule has 0 atom stereocenters. The summed E-state index contributed by atoms with van der Waals surface area (Å²) >= 11 is 7.62. The van der Waals surface area contributed by atoms with E-state index in [9.17, 15) is 4.79 Å². The van der Waals surface area contributed by atoms with E-state index in [-0.39, 0.29) is 17.4 Å². The summed E-state index contributed by atoms with van der Waals surface area (Å²) in [4.78, 5) is 19.2. The maximum atomic E-state index is 12.1. The highest BCUT2D eigenvalue weighted by Crippen LogP contribution is 2.30. The van der Waals surface area contributed by atoms with Crippen molar-refractivity contribution in [3.8, 4) is 11.3 Å². The summed E-state index contributed by atoms with van der Waals surface area (Å²) in [6, 6.07) is 8.03. The Kier molecular flexibility index (Phi) is 5.35. The van der Waals surface area contributed by atoms with E-state index < -0.39 is 0 Å². The zero-order chi connectivity index (χ0) is 18.0. The van der Waals surface area contributed by atoms with E-state index in [0.29, 0.717) is 0 Å². The van der Waals surface area contributed by atoms with E-state index in [0.717, 1.165) is 47.3 Å². The number of rotatable bonds is 3. The molecule has 0 saturated carbocycles. The van der Waals surface area contributed by atoms with Gasteiger partial charge in [0, 0.05) is 40.5 Å². The van der Waals surface area contributed by atoms with Crippen LogP contribution in [0.25, 0.3) is 11.3 Å². The molecule has 1 aromatic carbocycles. The first-order chi connectivity index (χ1) is 11.8. The molecule has 0 bridgehead atoms. The van der Waals surface area contributed by atoms with Gasteiger partial charge in [-0.15, -0.1) is 11.3 Å². The van der Waals surface area contributed by atoms with Crippen LogP contribution < -0.4 is 10.2 Å². The van der Waals surface area contributed by atoms with Crippen molar-refractivity contribution in [2.45, 2.75) is 39.7 Å². The van der Waals surface area contributed by atoms with Crippen molar-refractivity contribution >= 4 is 34.0 Å². The van der Waals surface area contributed by atoms with Gasteiger partial charge in [-0.3, -0.25) is 4.79 Å². The van der Waals surface area contributed by atoms with Crippen molar-refractivity contribution in [3.05, 3.63) is 34.7 Å². The van der Waals surface area contributed by atoms with Gasteiger partial charge in [0.15, 0.2) is 5.13 Å². The zero-order valence-electron chi connectivity index (χ0n) is 14.9. The van der Waals surface area contributed by atoms with Crippen LogP contribution in [-0.4, -0.2) is 30.0 Å².